The first-order valence-electron chi connectivity index (χ1n) is 6.86. The fourth-order valence-corrected chi connectivity index (χ4v) is 2.67. The van der Waals surface area contributed by atoms with E-state index in [1.165, 1.54) is 23.8 Å². The van der Waals surface area contributed by atoms with Crippen LogP contribution in [0.25, 0.3) is 6.08 Å². The molecule has 1 aromatic heterocycles. The topological polar surface area (TPSA) is 62.2 Å². The summed E-state index contributed by atoms with van der Waals surface area (Å²) < 4.78 is 27.2. The van der Waals surface area contributed by atoms with Gasteiger partial charge in [0, 0.05) is 23.3 Å². The fraction of sp³-hybridized carbons (Fsp3) is 0.125. The van der Waals surface area contributed by atoms with Gasteiger partial charge in [-0.1, -0.05) is 0 Å². The molecule has 0 saturated carbocycles. The zero-order chi connectivity index (χ0) is 16.6. The Morgan fingerprint density at radius 2 is 2.13 bits per heavy atom. The third-order valence-electron chi connectivity index (χ3n) is 3.90. The van der Waals surface area contributed by atoms with Gasteiger partial charge in [0.05, 0.1) is 13.2 Å². The van der Waals surface area contributed by atoms with E-state index in [-0.39, 0.29) is 16.7 Å². The van der Waals surface area contributed by atoms with Crippen LogP contribution in [0.15, 0.2) is 36.7 Å². The molecule has 3 rings (SSSR count). The molecule has 2 N–H and O–H groups in total. The van der Waals surface area contributed by atoms with Gasteiger partial charge in [0.1, 0.15) is 30.1 Å². The molecule has 0 aliphatic carbocycles. The summed E-state index contributed by atoms with van der Waals surface area (Å²) in [6, 6.07) is 5.04. The van der Waals surface area contributed by atoms with Gasteiger partial charge in [-0.3, -0.25) is 14.5 Å². The maximum atomic E-state index is 13.9. The first kappa shape index (κ1) is 15.3. The van der Waals surface area contributed by atoms with Crippen LogP contribution in [0, 0.1) is 11.6 Å². The second-order valence-electron chi connectivity index (χ2n) is 5.55. The highest BCUT2D eigenvalue weighted by Gasteiger charge is 2.32. The van der Waals surface area contributed by atoms with Crippen molar-refractivity contribution in [1.82, 2.24) is 14.9 Å². The maximum absolute atomic E-state index is 13.9. The standard InChI is InChI=1S/C16H13F2N3O2/c1-21(9-11-2-3-12(17)7-13(11)18)5-4-10-6-14(16(22)20-23)19-8-15(10)21/h2-8H,9H2,1H3,(H-,19,20,22,23)/p+1. The third-order valence-corrected chi connectivity index (χ3v) is 3.90. The molecule has 0 bridgehead atoms. The summed E-state index contributed by atoms with van der Waals surface area (Å²) in [4.78, 5) is 15.4. The quantitative estimate of drug-likeness (QED) is 0.519. The minimum absolute atomic E-state index is 0.0808. The Bertz CT molecular complexity index is 823. The SMILES string of the molecule is C[N+]1(Cc2ccc(F)cc2F)C=Cc2cc(C(=O)NO)ncc21. The number of amides is 1. The number of hydrogen-bond acceptors (Lipinski definition) is 3. The van der Waals surface area contributed by atoms with E-state index in [0.29, 0.717) is 5.56 Å². The van der Waals surface area contributed by atoms with Gasteiger partial charge in [0.2, 0.25) is 0 Å². The number of aromatic nitrogens is 1. The zero-order valence-corrected chi connectivity index (χ0v) is 12.3. The van der Waals surface area contributed by atoms with Crippen molar-refractivity contribution in [2.24, 2.45) is 0 Å². The number of nitrogens with one attached hydrogen (secondary N) is 1. The number of rotatable bonds is 3. The number of nitrogens with zero attached hydrogens (tertiary/aromatic N) is 2. The van der Waals surface area contributed by atoms with Crippen LogP contribution in [0.3, 0.4) is 0 Å². The summed E-state index contributed by atoms with van der Waals surface area (Å²) in [5.41, 5.74) is 3.52. The molecular weight excluding hydrogens is 304 g/mol. The van der Waals surface area contributed by atoms with Gasteiger partial charge in [-0.15, -0.1) is 0 Å². The van der Waals surface area contributed by atoms with E-state index in [1.807, 2.05) is 13.2 Å². The molecule has 1 aromatic carbocycles. The van der Waals surface area contributed by atoms with E-state index >= 15 is 0 Å². The molecule has 0 fully saturated rings. The number of pyridine rings is 1. The van der Waals surface area contributed by atoms with Crippen molar-refractivity contribution in [1.29, 1.82) is 0 Å². The monoisotopic (exact) mass is 318 g/mol. The molecule has 0 radical (unpaired) electrons. The molecule has 2 aromatic rings. The van der Waals surface area contributed by atoms with Crippen molar-refractivity contribution in [2.45, 2.75) is 6.54 Å². The number of carbonyl (C=O) groups is 1. The second kappa shape index (κ2) is 5.53. The lowest BCUT2D eigenvalue weighted by Gasteiger charge is -2.27. The molecule has 7 heteroatoms. The Morgan fingerprint density at radius 3 is 2.83 bits per heavy atom. The highest BCUT2D eigenvalue weighted by Crippen LogP contribution is 2.35. The van der Waals surface area contributed by atoms with E-state index in [2.05, 4.69) is 4.98 Å². The highest BCUT2D eigenvalue weighted by atomic mass is 19.1. The molecule has 5 nitrogen and oxygen atoms in total. The van der Waals surface area contributed by atoms with E-state index < -0.39 is 17.5 Å². The molecule has 1 atom stereocenters. The van der Waals surface area contributed by atoms with Crippen LogP contribution >= 0.6 is 0 Å². The first-order chi connectivity index (χ1) is 10.9. The summed E-state index contributed by atoms with van der Waals surface area (Å²) in [5, 5.41) is 8.65. The molecule has 1 amide bonds. The predicted octanol–water partition coefficient (Wildman–Crippen LogP) is 2.60. The molecule has 118 valence electrons. The van der Waals surface area contributed by atoms with Crippen molar-refractivity contribution in [3.63, 3.8) is 0 Å². The average Bonchev–Trinajstić information content (AvgIpc) is 2.86. The summed E-state index contributed by atoms with van der Waals surface area (Å²) in [6.07, 6.45) is 5.16. The van der Waals surface area contributed by atoms with Crippen LogP contribution in [-0.2, 0) is 6.54 Å². The minimum Gasteiger partial charge on any atom is -0.288 e. The Kier molecular flexibility index (Phi) is 3.67. The largest absolute Gasteiger partial charge is 0.293 e. The molecule has 1 unspecified atom stereocenters. The minimum atomic E-state index is -0.702. The van der Waals surface area contributed by atoms with Crippen LogP contribution in [0.2, 0.25) is 0 Å². The van der Waals surface area contributed by atoms with Crippen LogP contribution in [0.1, 0.15) is 21.6 Å². The van der Waals surface area contributed by atoms with Gasteiger partial charge >= 0.3 is 0 Å². The Balaban J connectivity index is 1.94. The van der Waals surface area contributed by atoms with Crippen molar-refractivity contribution in [3.05, 3.63) is 65.1 Å². The van der Waals surface area contributed by atoms with Crippen molar-refractivity contribution in [3.8, 4) is 0 Å². The Morgan fingerprint density at radius 1 is 1.35 bits per heavy atom. The number of fused-ring (bicyclic) bond motifs is 1. The normalized spacial score (nSPS) is 18.8. The lowest BCUT2D eigenvalue weighted by molar-refractivity contribution is 0.0700. The summed E-state index contributed by atoms with van der Waals surface area (Å²) >= 11 is 0. The molecule has 0 spiro atoms. The van der Waals surface area contributed by atoms with E-state index in [9.17, 15) is 13.6 Å². The number of benzene rings is 1. The van der Waals surface area contributed by atoms with Crippen molar-refractivity contribution < 1.29 is 18.8 Å². The number of hydrogen-bond donors (Lipinski definition) is 2. The number of hydroxylamine groups is 1. The Hall–Kier alpha value is -2.64. The van der Waals surface area contributed by atoms with Gasteiger partial charge in [-0.25, -0.2) is 19.2 Å². The average molecular weight is 318 g/mol. The van der Waals surface area contributed by atoms with E-state index in [0.717, 1.165) is 17.3 Å². The van der Waals surface area contributed by atoms with Gasteiger partial charge < -0.3 is 0 Å². The molecule has 23 heavy (non-hydrogen) atoms. The van der Waals surface area contributed by atoms with Crippen molar-refractivity contribution >= 4 is 17.7 Å². The van der Waals surface area contributed by atoms with Gasteiger partial charge in [0.15, 0.2) is 5.69 Å². The van der Waals surface area contributed by atoms with E-state index in [4.69, 9.17) is 5.21 Å². The molecule has 1 aliphatic heterocycles. The second-order valence-corrected chi connectivity index (χ2v) is 5.55. The van der Waals surface area contributed by atoms with Gasteiger partial charge in [-0.2, -0.15) is 0 Å². The summed E-state index contributed by atoms with van der Waals surface area (Å²) in [6.45, 7) is 0.281. The highest BCUT2D eigenvalue weighted by molar-refractivity contribution is 5.93. The molecule has 2 heterocycles. The Labute approximate surface area is 131 Å². The zero-order valence-electron chi connectivity index (χ0n) is 12.3. The van der Waals surface area contributed by atoms with Crippen LogP contribution in [0.4, 0.5) is 14.5 Å². The smallest absolute Gasteiger partial charge is 0.288 e. The number of quaternary nitrogens is 1. The van der Waals surface area contributed by atoms with Crippen molar-refractivity contribution in [2.75, 3.05) is 7.05 Å². The molecule has 1 aliphatic rings. The number of halogens is 2. The first-order valence-corrected chi connectivity index (χ1v) is 6.86. The lowest BCUT2D eigenvalue weighted by atomic mass is 10.1. The molecular formula is C16H14F2N3O2+. The van der Waals surface area contributed by atoms with Crippen LogP contribution in [-0.4, -0.2) is 23.1 Å². The number of carbonyl (C=O) groups excluding carboxylic acids is 1. The maximum Gasteiger partial charge on any atom is 0.293 e. The fourth-order valence-electron chi connectivity index (χ4n) is 2.67. The summed E-state index contributed by atoms with van der Waals surface area (Å²) in [7, 11) is 1.86. The van der Waals surface area contributed by atoms with Crippen LogP contribution in [0.5, 0.6) is 0 Å². The third kappa shape index (κ3) is 2.71. The van der Waals surface area contributed by atoms with Crippen LogP contribution < -0.4 is 9.96 Å². The van der Waals surface area contributed by atoms with E-state index in [1.54, 1.807) is 12.1 Å². The molecule has 0 saturated heterocycles. The predicted molar refractivity (Wildman–Crippen MR) is 80.3 cm³/mol. The lowest BCUT2D eigenvalue weighted by Crippen LogP contribution is -2.37. The summed E-state index contributed by atoms with van der Waals surface area (Å²) in [5.74, 6) is -1.92. The van der Waals surface area contributed by atoms with Gasteiger partial charge in [0.25, 0.3) is 5.91 Å². The van der Waals surface area contributed by atoms with Gasteiger partial charge in [-0.05, 0) is 18.2 Å².